The first-order chi connectivity index (χ1) is 15.2. The third-order valence-electron chi connectivity index (χ3n) is 5.84. The number of rotatable bonds is 8. The van der Waals surface area contributed by atoms with Crippen molar-refractivity contribution < 1.29 is 31.3 Å². The predicted molar refractivity (Wildman–Crippen MR) is 109 cm³/mol. The fourth-order valence-corrected chi connectivity index (χ4v) is 3.49. The second kappa shape index (κ2) is 8.60. The van der Waals surface area contributed by atoms with Crippen molar-refractivity contribution in [2.45, 2.75) is 52.1 Å². The van der Waals surface area contributed by atoms with Gasteiger partial charge in [-0.3, -0.25) is 4.79 Å². The summed E-state index contributed by atoms with van der Waals surface area (Å²) in [5.41, 5.74) is 4.97. The number of hydrogen-bond acceptors (Lipinski definition) is 6. The lowest BCUT2D eigenvalue weighted by Gasteiger charge is -2.36. The number of amides is 1. The molecule has 7 nitrogen and oxygen atoms in total. The number of oxazole rings is 1. The molecule has 3 rings (SSSR count). The van der Waals surface area contributed by atoms with Crippen molar-refractivity contribution in [1.82, 2.24) is 15.1 Å². The Bertz CT molecular complexity index is 1120. The Kier molecular flexibility index (Phi) is 6.36. The molecule has 2 aromatic heterocycles. The molecule has 0 radical (unpaired) electrons. The number of alkyl halides is 3. The molecule has 0 aliphatic heterocycles. The normalized spacial score (nSPS) is 13.8. The summed E-state index contributed by atoms with van der Waals surface area (Å²) in [5, 5.41) is 3.43. The van der Waals surface area contributed by atoms with Gasteiger partial charge in [-0.15, -0.1) is 0 Å². The van der Waals surface area contributed by atoms with Crippen LogP contribution < -0.4 is 5.73 Å². The summed E-state index contributed by atoms with van der Waals surface area (Å²) in [6.45, 7) is 6.96. The lowest BCUT2D eigenvalue weighted by Crippen LogP contribution is -2.42. The van der Waals surface area contributed by atoms with E-state index in [-0.39, 0.29) is 18.1 Å². The van der Waals surface area contributed by atoms with Gasteiger partial charge in [-0.25, -0.2) is 9.37 Å². The lowest BCUT2D eigenvalue weighted by molar-refractivity contribution is -0.159. The average molecular weight is 468 g/mol. The van der Waals surface area contributed by atoms with E-state index in [0.717, 1.165) is 0 Å². The van der Waals surface area contributed by atoms with Crippen LogP contribution in [0.25, 0.3) is 11.5 Å². The monoisotopic (exact) mass is 468 g/mol. The van der Waals surface area contributed by atoms with Crippen LogP contribution in [0.3, 0.4) is 0 Å². The van der Waals surface area contributed by atoms with Crippen LogP contribution in [-0.2, 0) is 22.8 Å². The van der Waals surface area contributed by atoms with E-state index in [1.807, 2.05) is 13.8 Å². The van der Waals surface area contributed by atoms with Gasteiger partial charge < -0.3 is 14.7 Å². The number of halogens is 4. The SMILES string of the molecule is CC(C)(CC(Cc1noc(C(F)(F)F)n1)C(C)(C)C(N)=O)c1coc(-c2ccc(F)cc2)n1. The molecule has 1 aromatic carbocycles. The summed E-state index contributed by atoms with van der Waals surface area (Å²) >= 11 is 0. The number of aromatic nitrogens is 3. The average Bonchev–Trinajstić information content (AvgIpc) is 3.37. The smallest absolute Gasteiger partial charge is 0.444 e. The van der Waals surface area contributed by atoms with Crippen molar-refractivity contribution in [2.24, 2.45) is 17.1 Å². The Labute approximate surface area is 187 Å². The van der Waals surface area contributed by atoms with Crippen LogP contribution in [0.4, 0.5) is 17.6 Å². The Morgan fingerprint density at radius 3 is 2.27 bits per heavy atom. The van der Waals surface area contributed by atoms with Gasteiger partial charge in [-0.1, -0.05) is 32.9 Å². The highest BCUT2D eigenvalue weighted by Gasteiger charge is 2.42. The fourth-order valence-electron chi connectivity index (χ4n) is 3.49. The Morgan fingerprint density at radius 2 is 1.73 bits per heavy atom. The largest absolute Gasteiger partial charge is 0.471 e. The highest BCUT2D eigenvalue weighted by atomic mass is 19.4. The maximum absolute atomic E-state index is 13.2. The first kappa shape index (κ1) is 24.4. The van der Waals surface area contributed by atoms with Crippen molar-refractivity contribution in [3.05, 3.63) is 53.8 Å². The van der Waals surface area contributed by atoms with Gasteiger partial charge in [-0.2, -0.15) is 18.2 Å². The summed E-state index contributed by atoms with van der Waals surface area (Å²) in [5.74, 6) is -2.89. The predicted octanol–water partition coefficient (Wildman–Crippen LogP) is 4.92. The number of carbonyl (C=O) groups is 1. The summed E-state index contributed by atoms with van der Waals surface area (Å²) < 4.78 is 61.6. The maximum atomic E-state index is 13.2. The van der Waals surface area contributed by atoms with Gasteiger partial charge in [0.2, 0.25) is 11.8 Å². The molecule has 1 amide bonds. The first-order valence-electron chi connectivity index (χ1n) is 10.1. The number of carbonyl (C=O) groups excluding carboxylic acids is 1. The Balaban J connectivity index is 1.87. The minimum absolute atomic E-state index is 0.0678. The van der Waals surface area contributed by atoms with E-state index in [2.05, 4.69) is 19.6 Å². The summed E-state index contributed by atoms with van der Waals surface area (Å²) in [4.78, 5) is 20.1. The van der Waals surface area contributed by atoms with E-state index in [0.29, 0.717) is 17.7 Å². The van der Waals surface area contributed by atoms with Crippen molar-refractivity contribution in [3.63, 3.8) is 0 Å². The van der Waals surface area contributed by atoms with Crippen molar-refractivity contribution in [1.29, 1.82) is 0 Å². The number of primary amides is 1. The molecular weight excluding hydrogens is 444 g/mol. The van der Waals surface area contributed by atoms with Crippen LogP contribution >= 0.6 is 0 Å². The molecule has 0 saturated carbocycles. The molecule has 2 heterocycles. The van der Waals surface area contributed by atoms with Gasteiger partial charge in [-0.05, 0) is 36.6 Å². The number of hydrogen-bond donors (Lipinski definition) is 1. The summed E-state index contributed by atoms with van der Waals surface area (Å²) in [6.07, 6.45) is -3.07. The molecule has 178 valence electrons. The van der Waals surface area contributed by atoms with Crippen LogP contribution in [0.1, 0.15) is 51.5 Å². The molecule has 0 spiro atoms. The number of benzene rings is 1. The van der Waals surface area contributed by atoms with Gasteiger partial charge in [0.25, 0.3) is 0 Å². The molecule has 0 fully saturated rings. The van der Waals surface area contributed by atoms with Crippen LogP contribution in [-0.4, -0.2) is 21.0 Å². The van der Waals surface area contributed by atoms with Gasteiger partial charge in [0, 0.05) is 22.8 Å². The lowest BCUT2D eigenvalue weighted by atomic mass is 9.68. The van der Waals surface area contributed by atoms with Gasteiger partial charge in [0.05, 0.1) is 5.69 Å². The van der Waals surface area contributed by atoms with E-state index in [1.165, 1.54) is 30.5 Å². The van der Waals surface area contributed by atoms with E-state index in [9.17, 15) is 22.4 Å². The molecule has 1 atom stereocenters. The molecule has 0 bridgehead atoms. The Hall–Kier alpha value is -3.24. The molecular formula is C22H24F4N4O3. The van der Waals surface area contributed by atoms with Gasteiger partial charge >= 0.3 is 12.1 Å². The zero-order valence-electron chi connectivity index (χ0n) is 18.5. The quantitative estimate of drug-likeness (QED) is 0.470. The first-order valence-corrected chi connectivity index (χ1v) is 10.1. The van der Waals surface area contributed by atoms with Crippen LogP contribution in [0, 0.1) is 17.2 Å². The van der Waals surface area contributed by atoms with Gasteiger partial charge in [0.15, 0.2) is 5.82 Å². The van der Waals surface area contributed by atoms with E-state index >= 15 is 0 Å². The van der Waals surface area contributed by atoms with Gasteiger partial charge in [0.1, 0.15) is 12.1 Å². The third-order valence-corrected chi connectivity index (χ3v) is 5.84. The highest BCUT2D eigenvalue weighted by molar-refractivity contribution is 5.80. The highest BCUT2D eigenvalue weighted by Crippen LogP contribution is 2.40. The van der Waals surface area contributed by atoms with Crippen molar-refractivity contribution >= 4 is 5.91 Å². The molecule has 33 heavy (non-hydrogen) atoms. The van der Waals surface area contributed by atoms with Crippen LogP contribution in [0.5, 0.6) is 0 Å². The molecule has 0 saturated heterocycles. The number of nitrogens with zero attached hydrogens (tertiary/aromatic N) is 3. The fraction of sp³-hybridized carbons (Fsp3) is 0.455. The minimum Gasteiger partial charge on any atom is -0.444 e. The van der Waals surface area contributed by atoms with Crippen molar-refractivity contribution in [2.75, 3.05) is 0 Å². The van der Waals surface area contributed by atoms with Crippen LogP contribution in [0.2, 0.25) is 0 Å². The maximum Gasteiger partial charge on any atom is 0.471 e. The molecule has 3 aromatic rings. The van der Waals surface area contributed by atoms with E-state index in [4.69, 9.17) is 10.2 Å². The van der Waals surface area contributed by atoms with E-state index < -0.39 is 40.5 Å². The minimum atomic E-state index is -4.77. The van der Waals surface area contributed by atoms with E-state index in [1.54, 1.807) is 13.8 Å². The van der Waals surface area contributed by atoms with Crippen LogP contribution in [0.15, 0.2) is 39.5 Å². The standard InChI is InChI=1S/C22H24F4N4O3/c1-20(2,15-11-32-17(28-15)12-5-7-14(23)8-6-12)10-13(21(3,4)18(27)31)9-16-29-19(33-30-16)22(24,25)26/h5-8,11,13H,9-10H2,1-4H3,(H2,27,31). The molecule has 1 unspecified atom stereocenters. The molecule has 0 aliphatic rings. The second-order valence-electron chi connectivity index (χ2n) is 9.13. The van der Waals surface area contributed by atoms with Crippen molar-refractivity contribution in [3.8, 4) is 11.5 Å². The number of nitrogens with two attached hydrogens (primary N) is 1. The zero-order chi connectivity index (χ0) is 24.6. The third kappa shape index (κ3) is 5.40. The Morgan fingerprint density at radius 1 is 1.09 bits per heavy atom. The molecule has 2 N–H and O–H groups in total. The zero-order valence-corrected chi connectivity index (χ0v) is 18.5. The topological polar surface area (TPSA) is 108 Å². The summed E-state index contributed by atoms with van der Waals surface area (Å²) in [7, 11) is 0. The molecule has 0 aliphatic carbocycles. The summed E-state index contributed by atoms with van der Waals surface area (Å²) in [6, 6.07) is 5.64. The second-order valence-corrected chi connectivity index (χ2v) is 9.13. The molecule has 11 heteroatoms.